The number of rotatable bonds is 3. The van der Waals surface area contributed by atoms with Gasteiger partial charge in [0.25, 0.3) is 16.0 Å². The van der Waals surface area contributed by atoms with Crippen molar-refractivity contribution in [2.24, 2.45) is 0 Å². The van der Waals surface area contributed by atoms with Crippen LogP contribution in [0.2, 0.25) is 0 Å². The Morgan fingerprint density at radius 3 is 2.33 bits per heavy atom. The Labute approximate surface area is 103 Å². The fourth-order valence-electron chi connectivity index (χ4n) is 1.85. The van der Waals surface area contributed by atoms with Crippen molar-refractivity contribution < 1.29 is 21.8 Å². The monoisotopic (exact) mass is 272 g/mol. The Balaban J connectivity index is 2.60. The van der Waals surface area contributed by atoms with Gasteiger partial charge in [-0.3, -0.25) is 4.55 Å². The number of hydrogen-bond acceptors (Lipinski definition) is 2. The molecule has 0 unspecified atom stereocenters. The molecule has 0 saturated heterocycles. The van der Waals surface area contributed by atoms with Crippen LogP contribution in [0.25, 0.3) is 10.8 Å². The maximum Gasteiger partial charge on any atom is 0.289 e. The first kappa shape index (κ1) is 12.9. The average molecular weight is 272 g/mol. The van der Waals surface area contributed by atoms with E-state index < -0.39 is 27.4 Å². The molecule has 0 aliphatic heterocycles. The summed E-state index contributed by atoms with van der Waals surface area (Å²) in [5.74, 6) is -5.25. The van der Waals surface area contributed by atoms with Crippen molar-refractivity contribution in [3.63, 3.8) is 0 Å². The van der Waals surface area contributed by atoms with Gasteiger partial charge in [0.05, 0.1) is 0 Å². The van der Waals surface area contributed by atoms with Gasteiger partial charge in [-0.1, -0.05) is 42.5 Å². The summed E-state index contributed by atoms with van der Waals surface area (Å²) in [6.45, 7) is 0. The summed E-state index contributed by atoms with van der Waals surface area (Å²) in [7, 11) is -4.75. The second kappa shape index (κ2) is 4.29. The molecular formula is C12H10F2O3S. The van der Waals surface area contributed by atoms with Gasteiger partial charge in [0.1, 0.15) is 5.75 Å². The Morgan fingerprint density at radius 2 is 1.67 bits per heavy atom. The molecule has 0 fully saturated rings. The van der Waals surface area contributed by atoms with Gasteiger partial charge < -0.3 is 0 Å². The zero-order valence-corrected chi connectivity index (χ0v) is 9.99. The van der Waals surface area contributed by atoms with E-state index in [1.807, 2.05) is 0 Å². The van der Waals surface area contributed by atoms with Crippen molar-refractivity contribution in [1.29, 1.82) is 0 Å². The third kappa shape index (κ3) is 2.65. The van der Waals surface area contributed by atoms with Gasteiger partial charge in [0, 0.05) is 5.56 Å². The molecule has 18 heavy (non-hydrogen) atoms. The molecule has 0 amide bonds. The van der Waals surface area contributed by atoms with Crippen LogP contribution in [0.1, 0.15) is 5.56 Å². The van der Waals surface area contributed by atoms with Crippen LogP contribution in [0, 0.1) is 0 Å². The van der Waals surface area contributed by atoms with Crippen LogP contribution in [0.5, 0.6) is 0 Å². The summed E-state index contributed by atoms with van der Waals surface area (Å²) >= 11 is 0. The van der Waals surface area contributed by atoms with Gasteiger partial charge in [-0.25, -0.2) is 8.78 Å². The van der Waals surface area contributed by atoms with Gasteiger partial charge in [-0.15, -0.1) is 0 Å². The zero-order chi connectivity index (χ0) is 13.4. The first-order valence-electron chi connectivity index (χ1n) is 5.11. The van der Waals surface area contributed by atoms with Gasteiger partial charge in [-0.2, -0.15) is 8.42 Å². The Bertz CT molecular complexity index is 675. The Morgan fingerprint density at radius 1 is 1.06 bits per heavy atom. The molecule has 6 heteroatoms. The largest absolute Gasteiger partial charge is 0.289 e. The van der Waals surface area contributed by atoms with E-state index in [0.29, 0.717) is 5.39 Å². The van der Waals surface area contributed by atoms with Gasteiger partial charge in [0.15, 0.2) is 0 Å². The molecule has 1 N–H and O–H groups in total. The first-order chi connectivity index (χ1) is 8.30. The Kier molecular flexibility index (Phi) is 3.08. The fraction of sp³-hybridized carbons (Fsp3) is 0.167. The molecule has 0 spiro atoms. The number of benzene rings is 2. The lowest BCUT2D eigenvalue weighted by molar-refractivity contribution is 0.0215. The minimum Gasteiger partial charge on any atom is -0.285 e. The van der Waals surface area contributed by atoms with Crippen molar-refractivity contribution in [2.45, 2.75) is 5.92 Å². The molecule has 0 atom stereocenters. The third-order valence-electron chi connectivity index (χ3n) is 2.55. The third-order valence-corrected chi connectivity index (χ3v) is 3.27. The summed E-state index contributed by atoms with van der Waals surface area (Å²) in [5.41, 5.74) is -0.404. The van der Waals surface area contributed by atoms with Crippen molar-refractivity contribution in [3.05, 3.63) is 48.0 Å². The highest BCUT2D eigenvalue weighted by molar-refractivity contribution is 7.85. The molecule has 0 heterocycles. The molecule has 96 valence electrons. The SMILES string of the molecule is O=S(=O)(O)CC(F)(F)c1cccc2ccccc12. The smallest absolute Gasteiger partial charge is 0.285 e. The number of halogens is 2. The predicted molar refractivity (Wildman–Crippen MR) is 64.3 cm³/mol. The minimum absolute atomic E-state index is 0.272. The van der Waals surface area contributed by atoms with E-state index in [-0.39, 0.29) is 5.39 Å². The van der Waals surface area contributed by atoms with Crippen molar-refractivity contribution in [1.82, 2.24) is 0 Å². The van der Waals surface area contributed by atoms with E-state index in [0.717, 1.165) is 6.07 Å². The lowest BCUT2D eigenvalue weighted by atomic mass is 10.0. The number of fused-ring (bicyclic) bond motifs is 1. The van der Waals surface area contributed by atoms with Crippen LogP contribution in [0.4, 0.5) is 8.78 Å². The van der Waals surface area contributed by atoms with E-state index in [1.165, 1.54) is 12.1 Å². The molecule has 0 aromatic heterocycles. The maximum absolute atomic E-state index is 13.8. The van der Waals surface area contributed by atoms with Crippen LogP contribution in [0.3, 0.4) is 0 Å². The molecule has 2 aromatic carbocycles. The highest BCUT2D eigenvalue weighted by Crippen LogP contribution is 2.34. The molecule has 3 nitrogen and oxygen atoms in total. The maximum atomic E-state index is 13.8. The first-order valence-corrected chi connectivity index (χ1v) is 6.72. The second-order valence-corrected chi connectivity index (χ2v) is 5.41. The quantitative estimate of drug-likeness (QED) is 0.874. The van der Waals surface area contributed by atoms with E-state index in [9.17, 15) is 17.2 Å². The second-order valence-electron chi connectivity index (χ2n) is 3.96. The van der Waals surface area contributed by atoms with Crippen molar-refractivity contribution >= 4 is 20.9 Å². The topological polar surface area (TPSA) is 54.4 Å². The highest BCUT2D eigenvalue weighted by atomic mass is 32.2. The molecule has 0 radical (unpaired) electrons. The fourth-order valence-corrected chi connectivity index (χ4v) is 2.46. The summed E-state index contributed by atoms with van der Waals surface area (Å²) < 4.78 is 57.5. The molecule has 2 rings (SSSR count). The molecule has 0 bridgehead atoms. The molecule has 0 saturated carbocycles. The van der Waals surface area contributed by atoms with Crippen LogP contribution in [-0.2, 0) is 16.0 Å². The molecular weight excluding hydrogens is 262 g/mol. The van der Waals surface area contributed by atoms with E-state index in [2.05, 4.69) is 0 Å². The molecule has 0 aliphatic carbocycles. The summed E-state index contributed by atoms with van der Waals surface area (Å²) in [5, 5.41) is 0.860. The highest BCUT2D eigenvalue weighted by Gasteiger charge is 2.38. The zero-order valence-electron chi connectivity index (χ0n) is 9.18. The van der Waals surface area contributed by atoms with Crippen molar-refractivity contribution in [3.8, 4) is 0 Å². The van der Waals surface area contributed by atoms with Crippen LogP contribution < -0.4 is 0 Å². The Hall–Kier alpha value is -1.53. The van der Waals surface area contributed by atoms with Gasteiger partial charge in [0.2, 0.25) is 0 Å². The predicted octanol–water partition coefficient (Wildman–Crippen LogP) is 2.82. The number of alkyl halides is 2. The van der Waals surface area contributed by atoms with E-state index in [4.69, 9.17) is 4.55 Å². The lowest BCUT2D eigenvalue weighted by Crippen LogP contribution is -2.25. The summed E-state index contributed by atoms with van der Waals surface area (Å²) in [4.78, 5) is 0. The normalized spacial score (nSPS) is 12.8. The minimum atomic E-state index is -4.75. The molecule has 0 aliphatic rings. The van der Waals surface area contributed by atoms with E-state index in [1.54, 1.807) is 24.3 Å². The van der Waals surface area contributed by atoms with Crippen molar-refractivity contribution in [2.75, 3.05) is 5.75 Å². The summed E-state index contributed by atoms with van der Waals surface area (Å²) in [6, 6.07) is 10.7. The van der Waals surface area contributed by atoms with Crippen LogP contribution >= 0.6 is 0 Å². The summed E-state index contributed by atoms with van der Waals surface area (Å²) in [6.07, 6.45) is 0. The average Bonchev–Trinajstić information content (AvgIpc) is 2.25. The van der Waals surface area contributed by atoms with E-state index >= 15 is 0 Å². The van der Waals surface area contributed by atoms with Crippen LogP contribution in [-0.4, -0.2) is 18.7 Å². The van der Waals surface area contributed by atoms with Crippen LogP contribution in [0.15, 0.2) is 42.5 Å². The van der Waals surface area contributed by atoms with Gasteiger partial charge in [-0.05, 0) is 10.8 Å². The standard InChI is InChI=1S/C12H10F2O3S/c13-12(14,8-18(15,16)17)11-7-3-5-9-4-1-2-6-10(9)11/h1-7H,8H2,(H,15,16,17). The number of hydrogen-bond donors (Lipinski definition) is 1. The lowest BCUT2D eigenvalue weighted by Gasteiger charge is -2.17. The molecule has 2 aromatic rings. The van der Waals surface area contributed by atoms with Gasteiger partial charge >= 0.3 is 0 Å².